The van der Waals surface area contributed by atoms with E-state index in [1.165, 1.54) is 11.1 Å². The molecule has 2 aliphatic heterocycles. The monoisotopic (exact) mass is 402 g/mol. The molecule has 0 bridgehead atoms. The highest BCUT2D eigenvalue weighted by molar-refractivity contribution is 5.80. The molecule has 0 spiro atoms. The van der Waals surface area contributed by atoms with Crippen molar-refractivity contribution in [3.63, 3.8) is 0 Å². The van der Waals surface area contributed by atoms with Crippen molar-refractivity contribution in [3.8, 4) is 0 Å². The lowest BCUT2D eigenvalue weighted by atomic mass is 10.0. The Bertz CT molecular complexity index is 623. The van der Waals surface area contributed by atoms with Crippen molar-refractivity contribution in [2.24, 2.45) is 4.99 Å². The Hall–Kier alpha value is -1.63. The number of hydrogen-bond acceptors (Lipinski definition) is 4. The molecular formula is C23H38N4O2. The first-order chi connectivity index (χ1) is 14.2. The van der Waals surface area contributed by atoms with Gasteiger partial charge in [0, 0.05) is 38.8 Å². The molecule has 29 heavy (non-hydrogen) atoms. The van der Waals surface area contributed by atoms with Crippen LogP contribution in [-0.4, -0.2) is 69.0 Å². The van der Waals surface area contributed by atoms with Crippen LogP contribution < -0.4 is 10.6 Å². The Morgan fingerprint density at radius 3 is 2.86 bits per heavy atom. The topological polar surface area (TPSA) is 58.1 Å². The predicted molar refractivity (Wildman–Crippen MR) is 118 cm³/mol. The minimum Gasteiger partial charge on any atom is -0.377 e. The second-order valence-corrected chi connectivity index (χ2v) is 8.15. The lowest BCUT2D eigenvalue weighted by Gasteiger charge is -2.33. The third-order valence-electron chi connectivity index (χ3n) is 5.59. The lowest BCUT2D eigenvalue weighted by molar-refractivity contribution is 0.0200. The largest absolute Gasteiger partial charge is 0.377 e. The first-order valence-electron chi connectivity index (χ1n) is 11.2. The summed E-state index contributed by atoms with van der Waals surface area (Å²) in [5.41, 5.74) is 2.75. The number of benzene rings is 1. The van der Waals surface area contributed by atoms with Gasteiger partial charge in [-0.25, -0.2) is 0 Å². The van der Waals surface area contributed by atoms with Gasteiger partial charge in [0.15, 0.2) is 5.96 Å². The van der Waals surface area contributed by atoms with Gasteiger partial charge in [-0.05, 0) is 45.1 Å². The minimum absolute atomic E-state index is 0.287. The van der Waals surface area contributed by atoms with Crippen molar-refractivity contribution >= 4 is 5.96 Å². The Labute approximate surface area is 176 Å². The average molecular weight is 403 g/mol. The zero-order chi connectivity index (χ0) is 20.3. The van der Waals surface area contributed by atoms with Gasteiger partial charge >= 0.3 is 0 Å². The highest BCUT2D eigenvalue weighted by Gasteiger charge is 2.20. The number of hydrogen-bond donors (Lipinski definition) is 2. The molecule has 0 saturated carbocycles. The second-order valence-electron chi connectivity index (χ2n) is 8.15. The quantitative estimate of drug-likeness (QED) is 0.378. The lowest BCUT2D eigenvalue weighted by Crippen LogP contribution is -2.48. The van der Waals surface area contributed by atoms with Gasteiger partial charge in [-0.1, -0.05) is 29.8 Å². The van der Waals surface area contributed by atoms with E-state index in [9.17, 15) is 0 Å². The highest BCUT2D eigenvalue weighted by atomic mass is 16.5. The molecule has 1 atom stereocenters. The Morgan fingerprint density at radius 1 is 1.28 bits per heavy atom. The summed E-state index contributed by atoms with van der Waals surface area (Å²) in [6.07, 6.45) is 4.85. The van der Waals surface area contributed by atoms with Crippen LogP contribution in [0.3, 0.4) is 0 Å². The molecule has 2 heterocycles. The molecule has 162 valence electrons. The number of nitrogens with zero attached hydrogens (tertiary/aromatic N) is 2. The minimum atomic E-state index is 0.287. The number of likely N-dealkylation sites (tertiary alicyclic amines) is 1. The smallest absolute Gasteiger partial charge is 0.191 e. The Kier molecular flexibility index (Phi) is 9.25. The summed E-state index contributed by atoms with van der Waals surface area (Å²) in [6.45, 7) is 11.3. The van der Waals surface area contributed by atoms with E-state index in [4.69, 9.17) is 9.47 Å². The first-order valence-corrected chi connectivity index (χ1v) is 11.2. The van der Waals surface area contributed by atoms with Gasteiger partial charge in [-0.15, -0.1) is 0 Å². The molecule has 1 aromatic rings. The van der Waals surface area contributed by atoms with Gasteiger partial charge < -0.3 is 20.1 Å². The van der Waals surface area contributed by atoms with Crippen molar-refractivity contribution in [3.05, 3.63) is 35.4 Å². The fourth-order valence-electron chi connectivity index (χ4n) is 4.03. The molecule has 2 N–H and O–H groups in total. The maximum Gasteiger partial charge on any atom is 0.191 e. The summed E-state index contributed by atoms with van der Waals surface area (Å²) < 4.78 is 11.3. The SMILES string of the molecule is CCNC(=NCCOCC1CCCO1)NC1CCN(Cc2cccc(C)c2)CC1. The predicted octanol–water partition coefficient (Wildman–Crippen LogP) is 2.71. The average Bonchev–Trinajstić information content (AvgIpc) is 3.23. The van der Waals surface area contributed by atoms with Crippen LogP contribution in [0.25, 0.3) is 0 Å². The van der Waals surface area contributed by atoms with Crippen LogP contribution in [0.1, 0.15) is 43.7 Å². The van der Waals surface area contributed by atoms with Crippen molar-refractivity contribution in [1.29, 1.82) is 0 Å². The Balaban J connectivity index is 1.35. The molecule has 2 aliphatic rings. The standard InChI is InChI=1S/C23H38N4O2/c1-3-24-23(25-11-15-28-18-22-8-5-14-29-22)26-21-9-12-27(13-10-21)17-20-7-4-6-19(2)16-20/h4,6-7,16,21-22H,3,5,8-15,17-18H2,1-2H3,(H2,24,25,26). The molecule has 6 heteroatoms. The molecule has 3 rings (SSSR count). The zero-order valence-electron chi connectivity index (χ0n) is 18.2. The molecule has 2 fully saturated rings. The van der Waals surface area contributed by atoms with Crippen molar-refractivity contribution in [2.45, 2.75) is 58.2 Å². The van der Waals surface area contributed by atoms with Crippen LogP contribution in [0, 0.1) is 6.92 Å². The number of rotatable bonds is 9. The molecule has 6 nitrogen and oxygen atoms in total. The molecule has 0 amide bonds. The van der Waals surface area contributed by atoms with Crippen molar-refractivity contribution < 1.29 is 9.47 Å². The number of guanidine groups is 1. The van der Waals surface area contributed by atoms with E-state index in [1.54, 1.807) is 0 Å². The van der Waals surface area contributed by atoms with Crippen LogP contribution >= 0.6 is 0 Å². The Morgan fingerprint density at radius 2 is 2.14 bits per heavy atom. The summed E-state index contributed by atoms with van der Waals surface area (Å²) in [5, 5.41) is 6.98. The van der Waals surface area contributed by atoms with E-state index in [2.05, 4.69) is 58.6 Å². The fraction of sp³-hybridized carbons (Fsp3) is 0.696. The van der Waals surface area contributed by atoms with Crippen LogP contribution in [0.5, 0.6) is 0 Å². The van der Waals surface area contributed by atoms with E-state index in [1.807, 2.05) is 0 Å². The summed E-state index contributed by atoms with van der Waals surface area (Å²) in [5.74, 6) is 0.908. The van der Waals surface area contributed by atoms with Crippen LogP contribution in [-0.2, 0) is 16.0 Å². The fourth-order valence-corrected chi connectivity index (χ4v) is 4.03. The molecule has 2 saturated heterocycles. The van der Waals surface area contributed by atoms with Crippen LogP contribution in [0.15, 0.2) is 29.3 Å². The number of aliphatic imine (C=N–C) groups is 1. The molecule has 0 aromatic heterocycles. The highest BCUT2D eigenvalue weighted by Crippen LogP contribution is 2.15. The third kappa shape index (κ3) is 7.96. The maximum absolute atomic E-state index is 5.72. The number of ether oxygens (including phenoxy) is 2. The molecule has 1 aromatic carbocycles. The third-order valence-corrected chi connectivity index (χ3v) is 5.59. The first kappa shape index (κ1) is 22.1. The second kappa shape index (κ2) is 12.2. The molecule has 1 unspecified atom stereocenters. The van der Waals surface area contributed by atoms with Gasteiger partial charge in [0.2, 0.25) is 0 Å². The van der Waals surface area contributed by atoms with E-state index in [-0.39, 0.29) is 6.10 Å². The molecule has 0 aliphatic carbocycles. The summed E-state index contributed by atoms with van der Waals surface area (Å²) >= 11 is 0. The summed E-state index contributed by atoms with van der Waals surface area (Å²) in [7, 11) is 0. The van der Waals surface area contributed by atoms with Crippen LogP contribution in [0.2, 0.25) is 0 Å². The zero-order valence-corrected chi connectivity index (χ0v) is 18.2. The number of piperidine rings is 1. The van der Waals surface area contributed by atoms with Crippen molar-refractivity contribution in [1.82, 2.24) is 15.5 Å². The van der Waals surface area contributed by atoms with Crippen LogP contribution in [0.4, 0.5) is 0 Å². The summed E-state index contributed by atoms with van der Waals surface area (Å²) in [4.78, 5) is 7.23. The van der Waals surface area contributed by atoms with Crippen molar-refractivity contribution in [2.75, 3.05) is 46.0 Å². The van der Waals surface area contributed by atoms with Gasteiger partial charge in [0.25, 0.3) is 0 Å². The molecule has 0 radical (unpaired) electrons. The van der Waals surface area contributed by atoms with Gasteiger partial charge in [-0.3, -0.25) is 9.89 Å². The maximum atomic E-state index is 5.72. The van der Waals surface area contributed by atoms with E-state index < -0.39 is 0 Å². The number of aryl methyl sites for hydroxylation is 1. The van der Waals surface area contributed by atoms with Gasteiger partial charge in [0.1, 0.15) is 0 Å². The van der Waals surface area contributed by atoms with E-state index in [0.29, 0.717) is 25.8 Å². The van der Waals surface area contributed by atoms with E-state index in [0.717, 1.165) is 64.4 Å². The number of nitrogens with one attached hydrogen (secondary N) is 2. The molecular weight excluding hydrogens is 364 g/mol. The summed E-state index contributed by atoms with van der Waals surface area (Å²) in [6, 6.07) is 9.32. The van der Waals surface area contributed by atoms with E-state index >= 15 is 0 Å². The van der Waals surface area contributed by atoms with Gasteiger partial charge in [-0.2, -0.15) is 0 Å². The normalized spacial score (nSPS) is 21.4. The van der Waals surface area contributed by atoms with Gasteiger partial charge in [0.05, 0.1) is 25.9 Å².